The van der Waals surface area contributed by atoms with Gasteiger partial charge in [-0.25, -0.2) is 13.2 Å². The Hall–Kier alpha value is -4.71. The highest BCUT2D eigenvalue weighted by atomic mass is 32.2. The first kappa shape index (κ1) is 33.2. The van der Waals surface area contributed by atoms with Gasteiger partial charge in [-0.1, -0.05) is 42.5 Å². The van der Waals surface area contributed by atoms with E-state index in [0.29, 0.717) is 25.2 Å². The van der Waals surface area contributed by atoms with Crippen LogP contribution < -0.4 is 15.4 Å². The van der Waals surface area contributed by atoms with E-state index in [1.807, 2.05) is 20.8 Å². The van der Waals surface area contributed by atoms with Gasteiger partial charge in [0.15, 0.2) is 5.78 Å². The maximum Gasteiger partial charge on any atom is 0.410 e. The Balaban J connectivity index is 1.25. The number of para-hydroxylation sites is 1. The number of likely N-dealkylation sites (tertiary alicyclic amines) is 1. The van der Waals surface area contributed by atoms with Gasteiger partial charge in [0, 0.05) is 36.3 Å². The molecule has 1 aliphatic rings. The molecule has 3 N–H and O–H groups in total. The van der Waals surface area contributed by atoms with E-state index >= 15 is 0 Å². The first-order valence-corrected chi connectivity index (χ1v) is 16.2. The number of nitrogens with one attached hydrogen (secondary N) is 3. The summed E-state index contributed by atoms with van der Waals surface area (Å²) in [5, 5.41) is 5.36. The standard InChI is InChI=1S/C33H38N4O7S/c1-33(2,3)44-32(41)37-19-17-23(18-20-37)21-34-29(38)22-35-31(40)25-13-15-26(16-14-25)45(42,43)36-28-12-8-7-11-27(28)30(39)24-9-5-4-6-10-24/h4-16,23,36H,17-22H2,1-3H3,(H,34,38)(H,35,40). The zero-order valence-electron chi connectivity index (χ0n) is 25.5. The summed E-state index contributed by atoms with van der Waals surface area (Å²) in [7, 11) is -4.08. The van der Waals surface area contributed by atoms with Crippen LogP contribution in [0.2, 0.25) is 0 Å². The number of rotatable bonds is 10. The fourth-order valence-corrected chi connectivity index (χ4v) is 5.81. The third-order valence-electron chi connectivity index (χ3n) is 7.14. The van der Waals surface area contributed by atoms with Crippen LogP contribution in [-0.2, 0) is 19.6 Å². The number of benzene rings is 3. The lowest BCUT2D eigenvalue weighted by atomic mass is 9.97. The van der Waals surface area contributed by atoms with E-state index in [1.165, 1.54) is 30.3 Å². The number of carbonyl (C=O) groups is 4. The first-order valence-electron chi connectivity index (χ1n) is 14.7. The van der Waals surface area contributed by atoms with Crippen molar-refractivity contribution in [1.29, 1.82) is 0 Å². The van der Waals surface area contributed by atoms with Gasteiger partial charge in [0.05, 0.1) is 17.1 Å². The molecule has 3 aromatic carbocycles. The second-order valence-electron chi connectivity index (χ2n) is 11.8. The van der Waals surface area contributed by atoms with Crippen LogP contribution in [0.5, 0.6) is 0 Å². The Morgan fingerprint density at radius 1 is 0.822 bits per heavy atom. The van der Waals surface area contributed by atoms with E-state index in [-0.39, 0.29) is 52.0 Å². The topological polar surface area (TPSA) is 151 Å². The van der Waals surface area contributed by atoms with Crippen molar-refractivity contribution in [3.05, 3.63) is 95.6 Å². The van der Waals surface area contributed by atoms with Crippen molar-refractivity contribution in [3.63, 3.8) is 0 Å². The van der Waals surface area contributed by atoms with E-state index in [4.69, 9.17) is 4.74 Å². The molecule has 0 radical (unpaired) electrons. The van der Waals surface area contributed by atoms with E-state index in [2.05, 4.69) is 15.4 Å². The largest absolute Gasteiger partial charge is 0.444 e. The number of ketones is 1. The predicted octanol–water partition coefficient (Wildman–Crippen LogP) is 4.21. The summed E-state index contributed by atoms with van der Waals surface area (Å²) in [6.45, 7) is 6.74. The fraction of sp³-hybridized carbons (Fsp3) is 0.333. The van der Waals surface area contributed by atoms with Crippen LogP contribution in [0, 0.1) is 5.92 Å². The van der Waals surface area contributed by atoms with Gasteiger partial charge in [-0.05, 0) is 75.9 Å². The van der Waals surface area contributed by atoms with Crippen molar-refractivity contribution in [1.82, 2.24) is 15.5 Å². The van der Waals surface area contributed by atoms with Crippen molar-refractivity contribution in [2.45, 2.75) is 44.1 Å². The molecule has 1 heterocycles. The number of hydrogen-bond acceptors (Lipinski definition) is 7. The van der Waals surface area contributed by atoms with Crippen LogP contribution in [-0.4, -0.2) is 68.8 Å². The monoisotopic (exact) mass is 634 g/mol. The van der Waals surface area contributed by atoms with E-state index in [0.717, 1.165) is 12.8 Å². The van der Waals surface area contributed by atoms with Crippen molar-refractivity contribution < 1.29 is 32.3 Å². The third-order valence-corrected chi connectivity index (χ3v) is 8.52. The molecule has 3 amide bonds. The van der Waals surface area contributed by atoms with Crippen LogP contribution in [0.3, 0.4) is 0 Å². The number of nitrogens with zero attached hydrogens (tertiary/aromatic N) is 1. The van der Waals surface area contributed by atoms with Gasteiger partial charge in [0.2, 0.25) is 5.91 Å². The van der Waals surface area contributed by atoms with Gasteiger partial charge >= 0.3 is 6.09 Å². The molecule has 1 saturated heterocycles. The normalized spacial score (nSPS) is 13.9. The average molecular weight is 635 g/mol. The lowest BCUT2D eigenvalue weighted by molar-refractivity contribution is -0.120. The average Bonchev–Trinajstić information content (AvgIpc) is 3.02. The molecular weight excluding hydrogens is 596 g/mol. The van der Waals surface area contributed by atoms with Crippen molar-refractivity contribution in [2.24, 2.45) is 5.92 Å². The van der Waals surface area contributed by atoms with Gasteiger partial charge in [-0.15, -0.1) is 0 Å². The summed E-state index contributed by atoms with van der Waals surface area (Å²) in [4.78, 5) is 51.8. The molecule has 3 aromatic rings. The Kier molecular flexibility index (Phi) is 10.6. The van der Waals surface area contributed by atoms with Crippen LogP contribution in [0.1, 0.15) is 59.9 Å². The molecule has 0 saturated carbocycles. The third kappa shape index (κ3) is 9.39. The SMILES string of the molecule is CC(C)(C)OC(=O)N1CCC(CNC(=O)CNC(=O)c2ccc(S(=O)(=O)Nc3ccccc3C(=O)c3ccccc3)cc2)CC1. The maximum absolute atomic E-state index is 13.1. The number of carbonyl (C=O) groups excluding carboxylic acids is 4. The fourth-order valence-electron chi connectivity index (χ4n) is 4.73. The molecule has 1 aliphatic heterocycles. The van der Waals surface area contributed by atoms with Crippen molar-refractivity contribution in [3.8, 4) is 0 Å². The Morgan fingerprint density at radius 2 is 1.44 bits per heavy atom. The zero-order valence-corrected chi connectivity index (χ0v) is 26.4. The molecule has 0 spiro atoms. The molecule has 4 rings (SSSR count). The molecule has 11 nitrogen and oxygen atoms in total. The minimum absolute atomic E-state index is 0.100. The molecule has 0 aliphatic carbocycles. The van der Waals surface area contributed by atoms with Crippen LogP contribution in [0.15, 0.2) is 83.8 Å². The Morgan fingerprint density at radius 3 is 2.09 bits per heavy atom. The second kappa shape index (κ2) is 14.4. The molecular formula is C33H38N4O7S. The smallest absolute Gasteiger partial charge is 0.410 e. The lowest BCUT2D eigenvalue weighted by Crippen LogP contribution is -2.44. The van der Waals surface area contributed by atoms with E-state index in [9.17, 15) is 27.6 Å². The molecule has 0 unspecified atom stereocenters. The van der Waals surface area contributed by atoms with Crippen molar-refractivity contribution in [2.75, 3.05) is 30.9 Å². The van der Waals surface area contributed by atoms with Crippen LogP contribution in [0.4, 0.5) is 10.5 Å². The second-order valence-corrected chi connectivity index (χ2v) is 13.5. The van der Waals surface area contributed by atoms with Crippen LogP contribution in [0.25, 0.3) is 0 Å². The molecule has 0 bridgehead atoms. The summed E-state index contributed by atoms with van der Waals surface area (Å²) in [6.07, 6.45) is 1.12. The number of hydrogen-bond donors (Lipinski definition) is 3. The summed E-state index contributed by atoms with van der Waals surface area (Å²) >= 11 is 0. The minimum Gasteiger partial charge on any atom is -0.444 e. The predicted molar refractivity (Wildman–Crippen MR) is 169 cm³/mol. The Bertz CT molecular complexity index is 1630. The van der Waals surface area contributed by atoms with Gasteiger partial charge in [-0.2, -0.15) is 0 Å². The number of amides is 3. The molecule has 45 heavy (non-hydrogen) atoms. The number of piperidine rings is 1. The summed E-state index contributed by atoms with van der Waals surface area (Å²) in [6, 6.07) is 20.1. The highest BCUT2D eigenvalue weighted by molar-refractivity contribution is 7.92. The highest BCUT2D eigenvalue weighted by Crippen LogP contribution is 2.23. The zero-order chi connectivity index (χ0) is 32.6. The number of anilines is 1. The van der Waals surface area contributed by atoms with Gasteiger partial charge in [0.1, 0.15) is 5.60 Å². The molecule has 238 valence electrons. The van der Waals surface area contributed by atoms with Gasteiger partial charge < -0.3 is 20.3 Å². The van der Waals surface area contributed by atoms with Crippen LogP contribution >= 0.6 is 0 Å². The lowest BCUT2D eigenvalue weighted by Gasteiger charge is -2.33. The quantitative estimate of drug-likeness (QED) is 0.283. The summed E-state index contributed by atoms with van der Waals surface area (Å²) in [5.41, 5.74) is 0.382. The molecule has 0 atom stereocenters. The minimum atomic E-state index is -4.08. The summed E-state index contributed by atoms with van der Waals surface area (Å²) < 4.78 is 34.1. The van der Waals surface area contributed by atoms with Gasteiger partial charge in [-0.3, -0.25) is 19.1 Å². The maximum atomic E-state index is 13.1. The highest BCUT2D eigenvalue weighted by Gasteiger charge is 2.27. The first-order chi connectivity index (χ1) is 21.3. The van der Waals surface area contributed by atoms with E-state index < -0.39 is 21.5 Å². The van der Waals surface area contributed by atoms with Crippen molar-refractivity contribution >= 4 is 39.4 Å². The number of sulfonamides is 1. The van der Waals surface area contributed by atoms with E-state index in [1.54, 1.807) is 53.4 Å². The summed E-state index contributed by atoms with van der Waals surface area (Å²) in [5.74, 6) is -1.01. The van der Waals surface area contributed by atoms with Gasteiger partial charge in [0.25, 0.3) is 15.9 Å². The molecule has 1 fully saturated rings. The number of ether oxygens (including phenoxy) is 1. The molecule has 0 aromatic heterocycles. The Labute approximate surface area is 263 Å². The molecule has 12 heteroatoms.